The minimum absolute atomic E-state index is 0.130. The van der Waals surface area contributed by atoms with Crippen LogP contribution < -0.4 is 0 Å². The quantitative estimate of drug-likeness (QED) is 0.839. The van der Waals surface area contributed by atoms with E-state index in [1.165, 1.54) is 4.90 Å². The second-order valence-electron chi connectivity index (χ2n) is 4.59. The number of rotatable bonds is 4. The highest BCUT2D eigenvalue weighted by molar-refractivity contribution is 5.80. The summed E-state index contributed by atoms with van der Waals surface area (Å²) in [6.07, 6.45) is 3.49. The number of hydrogen-bond donors (Lipinski definition) is 1. The molecule has 2 rings (SSSR count). The number of ether oxygens (including phenoxy) is 1. The lowest BCUT2D eigenvalue weighted by Gasteiger charge is -2.26. The van der Waals surface area contributed by atoms with Crippen LogP contribution in [0.4, 0.5) is 0 Å². The topological polar surface area (TPSA) is 79.7 Å². The molecule has 1 aliphatic heterocycles. The fourth-order valence-electron chi connectivity index (χ4n) is 2.15. The van der Waals surface area contributed by atoms with Gasteiger partial charge in [0.25, 0.3) is 0 Å². The molecule has 1 saturated heterocycles. The minimum Gasteiger partial charge on any atom is -0.481 e. The number of carbonyl (C=O) groups excluding carboxylic acids is 1. The molecule has 0 bridgehead atoms. The summed E-state index contributed by atoms with van der Waals surface area (Å²) in [5.41, 5.74) is 0.810. The van der Waals surface area contributed by atoms with Crippen molar-refractivity contribution in [3.05, 3.63) is 30.1 Å². The molecule has 0 aliphatic carbocycles. The van der Waals surface area contributed by atoms with Crippen molar-refractivity contribution in [1.82, 2.24) is 9.88 Å². The molecule has 1 aromatic rings. The number of aromatic nitrogens is 1. The van der Waals surface area contributed by atoms with Crippen molar-refractivity contribution < 1.29 is 19.4 Å². The van der Waals surface area contributed by atoms with Gasteiger partial charge in [-0.1, -0.05) is 6.07 Å². The van der Waals surface area contributed by atoms with E-state index >= 15 is 0 Å². The monoisotopic (exact) mass is 264 g/mol. The molecule has 0 saturated carbocycles. The van der Waals surface area contributed by atoms with Crippen LogP contribution in [-0.2, 0) is 20.7 Å². The number of hydrogen-bond acceptors (Lipinski definition) is 4. The van der Waals surface area contributed by atoms with E-state index in [4.69, 9.17) is 9.84 Å². The number of carboxylic acids is 1. The van der Waals surface area contributed by atoms with E-state index in [0.717, 1.165) is 5.56 Å². The average Bonchev–Trinajstić information content (AvgIpc) is 2.88. The van der Waals surface area contributed by atoms with Gasteiger partial charge in [-0.15, -0.1) is 0 Å². The largest absolute Gasteiger partial charge is 0.481 e. The molecule has 2 atom stereocenters. The molecule has 1 amide bonds. The third kappa shape index (κ3) is 3.08. The molecule has 102 valence electrons. The van der Waals surface area contributed by atoms with Gasteiger partial charge in [0.2, 0.25) is 5.91 Å². The van der Waals surface area contributed by atoms with Crippen molar-refractivity contribution in [3.63, 3.8) is 0 Å². The zero-order valence-corrected chi connectivity index (χ0v) is 10.7. The molecular formula is C13H16N2O4. The summed E-state index contributed by atoms with van der Waals surface area (Å²) in [6.45, 7) is 0.427. The number of likely N-dealkylation sites (N-methyl/N-ethyl adjacent to an activating group) is 1. The van der Waals surface area contributed by atoms with Crippen molar-refractivity contribution in [2.75, 3.05) is 20.3 Å². The molecule has 6 nitrogen and oxygen atoms in total. The first-order valence-corrected chi connectivity index (χ1v) is 6.04. The molecule has 0 aromatic carbocycles. The van der Waals surface area contributed by atoms with Crippen LogP contribution in [0.2, 0.25) is 0 Å². The van der Waals surface area contributed by atoms with Crippen LogP contribution in [0, 0.1) is 5.92 Å². The van der Waals surface area contributed by atoms with E-state index in [9.17, 15) is 9.59 Å². The number of pyridine rings is 1. The number of amides is 1. The second-order valence-corrected chi connectivity index (χ2v) is 4.59. The summed E-state index contributed by atoms with van der Waals surface area (Å²) in [7, 11) is 1.62. The summed E-state index contributed by atoms with van der Waals surface area (Å²) in [4.78, 5) is 28.6. The molecule has 6 heteroatoms. The second kappa shape index (κ2) is 5.79. The number of nitrogens with zero attached hydrogens (tertiary/aromatic N) is 2. The minimum atomic E-state index is -0.927. The number of aliphatic carboxylic acids is 1. The summed E-state index contributed by atoms with van der Waals surface area (Å²) in [6, 6.07) is 3.18. The average molecular weight is 264 g/mol. The smallest absolute Gasteiger partial charge is 0.311 e. The molecule has 2 unspecified atom stereocenters. The van der Waals surface area contributed by atoms with Crippen LogP contribution in [0.25, 0.3) is 0 Å². The Morgan fingerprint density at radius 1 is 1.53 bits per heavy atom. The van der Waals surface area contributed by atoms with Gasteiger partial charge in [-0.05, 0) is 11.6 Å². The van der Waals surface area contributed by atoms with Gasteiger partial charge in [0.05, 0.1) is 25.7 Å². The van der Waals surface area contributed by atoms with Gasteiger partial charge in [-0.3, -0.25) is 14.6 Å². The van der Waals surface area contributed by atoms with E-state index < -0.39 is 17.9 Å². The molecule has 0 spiro atoms. The highest BCUT2D eigenvalue weighted by atomic mass is 16.5. The Labute approximate surface area is 111 Å². The molecule has 1 N–H and O–H groups in total. The first kappa shape index (κ1) is 13.5. The van der Waals surface area contributed by atoms with E-state index in [1.54, 1.807) is 25.5 Å². The van der Waals surface area contributed by atoms with Gasteiger partial charge in [0.15, 0.2) is 0 Å². The van der Waals surface area contributed by atoms with Crippen molar-refractivity contribution in [1.29, 1.82) is 0 Å². The van der Waals surface area contributed by atoms with E-state index in [1.807, 2.05) is 6.07 Å². The zero-order chi connectivity index (χ0) is 13.8. The number of carboxylic acid groups (broad SMARTS) is 1. The van der Waals surface area contributed by atoms with Crippen LogP contribution in [0.3, 0.4) is 0 Å². The fraction of sp³-hybridized carbons (Fsp3) is 0.462. The third-order valence-corrected chi connectivity index (χ3v) is 3.34. The molecule has 19 heavy (non-hydrogen) atoms. The van der Waals surface area contributed by atoms with Gasteiger partial charge in [-0.2, -0.15) is 0 Å². The van der Waals surface area contributed by atoms with Crippen molar-refractivity contribution in [2.45, 2.75) is 12.5 Å². The van der Waals surface area contributed by atoms with E-state index in [2.05, 4.69) is 4.98 Å². The van der Waals surface area contributed by atoms with Crippen LogP contribution in [0.15, 0.2) is 24.5 Å². The maximum absolute atomic E-state index is 12.1. The van der Waals surface area contributed by atoms with Gasteiger partial charge in [0.1, 0.15) is 5.92 Å². The molecule has 0 radical (unpaired) electrons. The molecule has 1 fully saturated rings. The van der Waals surface area contributed by atoms with Crippen LogP contribution in [-0.4, -0.2) is 53.2 Å². The summed E-state index contributed by atoms with van der Waals surface area (Å²) < 4.78 is 5.17. The maximum Gasteiger partial charge on any atom is 0.311 e. The predicted molar refractivity (Wildman–Crippen MR) is 66.4 cm³/mol. The fourth-order valence-corrected chi connectivity index (χ4v) is 2.15. The van der Waals surface area contributed by atoms with Gasteiger partial charge in [0, 0.05) is 19.4 Å². The van der Waals surface area contributed by atoms with E-state index in [0.29, 0.717) is 0 Å². The van der Waals surface area contributed by atoms with Crippen molar-refractivity contribution >= 4 is 11.9 Å². The van der Waals surface area contributed by atoms with Gasteiger partial charge in [-0.25, -0.2) is 0 Å². The van der Waals surface area contributed by atoms with Crippen LogP contribution in [0.5, 0.6) is 0 Å². The Morgan fingerprint density at radius 2 is 2.32 bits per heavy atom. The highest BCUT2D eigenvalue weighted by Crippen LogP contribution is 2.19. The van der Waals surface area contributed by atoms with Crippen molar-refractivity contribution in [3.8, 4) is 0 Å². The lowest BCUT2D eigenvalue weighted by Crippen LogP contribution is -2.44. The Kier molecular flexibility index (Phi) is 4.11. The summed E-state index contributed by atoms with van der Waals surface area (Å²) >= 11 is 0. The highest BCUT2D eigenvalue weighted by Gasteiger charge is 2.38. The van der Waals surface area contributed by atoms with Gasteiger partial charge >= 0.3 is 5.97 Å². The first-order valence-electron chi connectivity index (χ1n) is 6.04. The van der Waals surface area contributed by atoms with Crippen LogP contribution in [0.1, 0.15) is 5.56 Å². The Hall–Kier alpha value is -1.95. The van der Waals surface area contributed by atoms with Gasteiger partial charge < -0.3 is 14.7 Å². The molecule has 1 aromatic heterocycles. The summed E-state index contributed by atoms with van der Waals surface area (Å²) in [5.74, 6) is -1.71. The zero-order valence-electron chi connectivity index (χ0n) is 10.7. The normalized spacial score (nSPS) is 22.2. The molecular weight excluding hydrogens is 248 g/mol. The standard InChI is InChI=1S/C13H16N2O4/c1-15(11-8-19-7-10(11)13(17)18)12(16)5-9-3-2-4-14-6-9/h2-4,6,10-11H,5,7-8H2,1H3,(H,17,18). The predicted octanol–water partition coefficient (Wildman–Crippen LogP) is 0.182. The summed E-state index contributed by atoms with van der Waals surface area (Å²) in [5, 5.41) is 9.08. The third-order valence-electron chi connectivity index (χ3n) is 3.34. The van der Waals surface area contributed by atoms with E-state index in [-0.39, 0.29) is 25.5 Å². The lowest BCUT2D eigenvalue weighted by atomic mass is 10.0. The Morgan fingerprint density at radius 3 is 2.95 bits per heavy atom. The number of carbonyl (C=O) groups is 2. The lowest BCUT2D eigenvalue weighted by molar-refractivity contribution is -0.144. The van der Waals surface area contributed by atoms with Crippen LogP contribution >= 0.6 is 0 Å². The SMILES string of the molecule is CN(C(=O)Cc1cccnc1)C1COCC1C(=O)O. The Balaban J connectivity index is 2.01. The van der Waals surface area contributed by atoms with Crippen molar-refractivity contribution in [2.24, 2.45) is 5.92 Å². The maximum atomic E-state index is 12.1. The molecule has 2 heterocycles. The first-order chi connectivity index (χ1) is 9.09. The Bertz CT molecular complexity index is 463. The molecule has 1 aliphatic rings.